The molecule has 8 nitrogen and oxygen atoms in total. The maximum atomic E-state index is 11.9. The zero-order valence-corrected chi connectivity index (χ0v) is 12.8. The summed E-state index contributed by atoms with van der Waals surface area (Å²) in [5.41, 5.74) is 0.306. The standard InChI is InChI=1S/C15H20O8/c1-20-9-5-3-8(4-6-9)14(19)22-7-10-11(16)12(17)13(18)15(21-2)23-10/h3-6,10-13,15-18H,7H2,1-2H3/t10-,11+,12+,13-,15-/m1/s1. The summed E-state index contributed by atoms with van der Waals surface area (Å²) in [6.45, 7) is -0.296. The van der Waals surface area contributed by atoms with Crippen LogP contribution in [0.4, 0.5) is 0 Å². The fraction of sp³-hybridized carbons (Fsp3) is 0.533. The van der Waals surface area contributed by atoms with Crippen LogP contribution in [0.3, 0.4) is 0 Å². The Labute approximate surface area is 133 Å². The number of hydrogen-bond donors (Lipinski definition) is 3. The van der Waals surface area contributed by atoms with Gasteiger partial charge in [-0.05, 0) is 24.3 Å². The number of benzene rings is 1. The highest BCUT2D eigenvalue weighted by atomic mass is 16.7. The van der Waals surface area contributed by atoms with Crippen LogP contribution < -0.4 is 4.74 Å². The van der Waals surface area contributed by atoms with E-state index in [0.29, 0.717) is 11.3 Å². The molecule has 1 saturated heterocycles. The van der Waals surface area contributed by atoms with Crippen LogP contribution >= 0.6 is 0 Å². The van der Waals surface area contributed by atoms with Crippen LogP contribution in [-0.4, -0.2) is 72.8 Å². The van der Waals surface area contributed by atoms with E-state index in [-0.39, 0.29) is 6.61 Å². The van der Waals surface area contributed by atoms with E-state index in [1.54, 1.807) is 12.1 Å². The van der Waals surface area contributed by atoms with Crippen LogP contribution in [0.25, 0.3) is 0 Å². The number of methoxy groups -OCH3 is 2. The first-order chi connectivity index (χ1) is 11.0. The molecule has 1 aliphatic rings. The minimum atomic E-state index is -1.46. The summed E-state index contributed by atoms with van der Waals surface area (Å²) in [4.78, 5) is 11.9. The second-order valence-corrected chi connectivity index (χ2v) is 5.08. The van der Waals surface area contributed by atoms with Gasteiger partial charge in [0.05, 0.1) is 12.7 Å². The van der Waals surface area contributed by atoms with Gasteiger partial charge in [0, 0.05) is 7.11 Å². The Bertz CT molecular complexity index is 515. The summed E-state index contributed by atoms with van der Waals surface area (Å²) in [5, 5.41) is 29.3. The lowest BCUT2D eigenvalue weighted by Gasteiger charge is -2.39. The Morgan fingerprint density at radius 1 is 1.09 bits per heavy atom. The molecule has 1 heterocycles. The Morgan fingerprint density at radius 3 is 2.30 bits per heavy atom. The minimum Gasteiger partial charge on any atom is -0.497 e. The van der Waals surface area contributed by atoms with Crippen molar-refractivity contribution in [2.45, 2.75) is 30.7 Å². The van der Waals surface area contributed by atoms with Gasteiger partial charge in [-0.3, -0.25) is 0 Å². The predicted molar refractivity (Wildman–Crippen MR) is 77.0 cm³/mol. The zero-order valence-electron chi connectivity index (χ0n) is 12.8. The van der Waals surface area contributed by atoms with Gasteiger partial charge in [-0.2, -0.15) is 0 Å². The van der Waals surface area contributed by atoms with Gasteiger partial charge in [-0.25, -0.2) is 4.79 Å². The molecule has 0 spiro atoms. The molecule has 0 radical (unpaired) electrons. The fourth-order valence-electron chi connectivity index (χ4n) is 2.22. The molecule has 23 heavy (non-hydrogen) atoms. The molecule has 0 unspecified atom stereocenters. The van der Waals surface area contributed by atoms with E-state index in [1.807, 2.05) is 0 Å². The summed E-state index contributed by atoms with van der Waals surface area (Å²) in [6.07, 6.45) is -6.37. The second kappa shape index (κ2) is 7.71. The van der Waals surface area contributed by atoms with Gasteiger partial charge in [0.2, 0.25) is 0 Å². The highest BCUT2D eigenvalue weighted by Crippen LogP contribution is 2.22. The molecule has 0 bridgehead atoms. The van der Waals surface area contributed by atoms with Crippen molar-refractivity contribution in [1.29, 1.82) is 0 Å². The molecular weight excluding hydrogens is 308 g/mol. The van der Waals surface area contributed by atoms with Gasteiger partial charge in [0.15, 0.2) is 6.29 Å². The average molecular weight is 328 g/mol. The van der Waals surface area contributed by atoms with Crippen molar-refractivity contribution in [3.05, 3.63) is 29.8 Å². The van der Waals surface area contributed by atoms with Gasteiger partial charge in [-0.1, -0.05) is 0 Å². The van der Waals surface area contributed by atoms with Gasteiger partial charge in [-0.15, -0.1) is 0 Å². The summed E-state index contributed by atoms with van der Waals surface area (Å²) in [5.74, 6) is -0.00864. The van der Waals surface area contributed by atoms with Crippen LogP contribution in [0.1, 0.15) is 10.4 Å². The molecule has 0 saturated carbocycles. The zero-order chi connectivity index (χ0) is 17.0. The highest BCUT2D eigenvalue weighted by molar-refractivity contribution is 5.89. The molecule has 1 aromatic rings. The third-order valence-electron chi connectivity index (χ3n) is 3.61. The molecule has 3 N–H and O–H groups in total. The lowest BCUT2D eigenvalue weighted by Crippen LogP contribution is -2.59. The molecule has 2 rings (SSSR count). The van der Waals surface area contributed by atoms with Crippen LogP contribution in [0.5, 0.6) is 5.75 Å². The predicted octanol–water partition coefficient (Wildman–Crippen LogP) is -0.694. The largest absolute Gasteiger partial charge is 0.497 e. The monoisotopic (exact) mass is 328 g/mol. The summed E-state index contributed by atoms with van der Waals surface area (Å²) in [6, 6.07) is 6.30. The Morgan fingerprint density at radius 2 is 1.74 bits per heavy atom. The minimum absolute atomic E-state index is 0.296. The molecule has 128 valence electrons. The van der Waals surface area contributed by atoms with Crippen molar-refractivity contribution >= 4 is 5.97 Å². The quantitative estimate of drug-likeness (QED) is 0.608. The van der Waals surface area contributed by atoms with E-state index in [2.05, 4.69) is 0 Å². The number of rotatable bonds is 5. The van der Waals surface area contributed by atoms with Crippen molar-refractivity contribution in [2.24, 2.45) is 0 Å². The first kappa shape index (κ1) is 17.6. The van der Waals surface area contributed by atoms with E-state index >= 15 is 0 Å². The number of aliphatic hydroxyl groups is 3. The SMILES string of the molecule is COc1ccc(C(=O)OC[C@H]2O[C@@H](OC)[C@H](O)[C@@H](O)[C@H]2O)cc1. The van der Waals surface area contributed by atoms with Gasteiger partial charge >= 0.3 is 5.97 Å². The van der Waals surface area contributed by atoms with Gasteiger partial charge < -0.3 is 34.3 Å². The molecule has 1 aliphatic heterocycles. The van der Waals surface area contributed by atoms with Crippen molar-refractivity contribution in [3.8, 4) is 5.75 Å². The topological polar surface area (TPSA) is 115 Å². The van der Waals surface area contributed by atoms with E-state index < -0.39 is 36.7 Å². The number of ether oxygens (including phenoxy) is 4. The number of aliphatic hydroxyl groups excluding tert-OH is 3. The molecule has 1 aromatic carbocycles. The summed E-state index contributed by atoms with van der Waals surface area (Å²) in [7, 11) is 2.81. The highest BCUT2D eigenvalue weighted by Gasteiger charge is 2.44. The fourth-order valence-corrected chi connectivity index (χ4v) is 2.22. The van der Waals surface area contributed by atoms with Crippen LogP contribution in [0, 0.1) is 0 Å². The van der Waals surface area contributed by atoms with Gasteiger partial charge in [0.25, 0.3) is 0 Å². The third-order valence-corrected chi connectivity index (χ3v) is 3.61. The lowest BCUT2D eigenvalue weighted by molar-refractivity contribution is -0.294. The Balaban J connectivity index is 1.94. The molecule has 5 atom stereocenters. The number of carbonyl (C=O) groups is 1. The molecule has 0 amide bonds. The van der Waals surface area contributed by atoms with E-state index in [0.717, 1.165) is 0 Å². The van der Waals surface area contributed by atoms with Crippen LogP contribution in [0.2, 0.25) is 0 Å². The number of carbonyl (C=O) groups excluding carboxylic acids is 1. The lowest BCUT2D eigenvalue weighted by atomic mass is 9.99. The number of esters is 1. The summed E-state index contributed by atoms with van der Waals surface area (Å²) >= 11 is 0. The molecular formula is C15H20O8. The first-order valence-corrected chi connectivity index (χ1v) is 7.01. The van der Waals surface area contributed by atoms with E-state index in [9.17, 15) is 20.1 Å². The average Bonchev–Trinajstić information content (AvgIpc) is 2.59. The number of hydrogen-bond acceptors (Lipinski definition) is 8. The van der Waals surface area contributed by atoms with Crippen molar-refractivity contribution < 1.29 is 39.1 Å². The summed E-state index contributed by atoms with van der Waals surface area (Å²) < 4.78 is 20.2. The smallest absolute Gasteiger partial charge is 0.338 e. The molecule has 0 aromatic heterocycles. The van der Waals surface area contributed by atoms with Crippen molar-refractivity contribution in [2.75, 3.05) is 20.8 Å². The maximum absolute atomic E-state index is 11.9. The Hall–Kier alpha value is -1.71. The van der Waals surface area contributed by atoms with Crippen LogP contribution in [0.15, 0.2) is 24.3 Å². The first-order valence-electron chi connectivity index (χ1n) is 7.01. The van der Waals surface area contributed by atoms with Crippen LogP contribution in [-0.2, 0) is 14.2 Å². The van der Waals surface area contributed by atoms with E-state index in [1.165, 1.54) is 26.4 Å². The van der Waals surface area contributed by atoms with Crippen molar-refractivity contribution in [3.63, 3.8) is 0 Å². The van der Waals surface area contributed by atoms with Gasteiger partial charge in [0.1, 0.15) is 36.8 Å². The van der Waals surface area contributed by atoms with E-state index in [4.69, 9.17) is 18.9 Å². The molecule has 0 aliphatic carbocycles. The normalized spacial score (nSPS) is 30.7. The van der Waals surface area contributed by atoms with Crippen molar-refractivity contribution in [1.82, 2.24) is 0 Å². The Kier molecular flexibility index (Phi) is 5.91. The molecule has 8 heteroatoms. The third kappa shape index (κ3) is 3.98. The molecule has 1 fully saturated rings. The maximum Gasteiger partial charge on any atom is 0.338 e. The second-order valence-electron chi connectivity index (χ2n) is 5.08.